The summed E-state index contributed by atoms with van der Waals surface area (Å²) in [5.74, 6) is 1.05. The summed E-state index contributed by atoms with van der Waals surface area (Å²) in [6, 6.07) is 16.7. The molecule has 1 N–H and O–H groups in total. The molecule has 6 nitrogen and oxygen atoms in total. The molecule has 2 aromatic carbocycles. The van der Waals surface area contributed by atoms with E-state index in [1.807, 2.05) is 42.5 Å². The lowest BCUT2D eigenvalue weighted by Crippen LogP contribution is -2.32. The van der Waals surface area contributed by atoms with Crippen LogP contribution < -0.4 is 11.0 Å². The zero-order valence-electron chi connectivity index (χ0n) is 15.3. The summed E-state index contributed by atoms with van der Waals surface area (Å²) in [7, 11) is 0. The quantitative estimate of drug-likeness (QED) is 0.667. The van der Waals surface area contributed by atoms with Crippen LogP contribution in [0.4, 0.5) is 0 Å². The van der Waals surface area contributed by atoms with E-state index in [0.29, 0.717) is 24.0 Å². The molecular weight excluding hydrogens is 376 g/mol. The smallest absolute Gasteiger partial charge is 0.350 e. The summed E-state index contributed by atoms with van der Waals surface area (Å²) in [4.78, 5) is 25.0. The molecule has 1 aliphatic carbocycles. The van der Waals surface area contributed by atoms with Gasteiger partial charge in [-0.25, -0.2) is 14.0 Å². The van der Waals surface area contributed by atoms with Crippen molar-refractivity contribution >= 4 is 17.5 Å². The Balaban J connectivity index is 1.42. The van der Waals surface area contributed by atoms with Gasteiger partial charge >= 0.3 is 5.69 Å². The molecule has 0 unspecified atom stereocenters. The zero-order valence-corrected chi connectivity index (χ0v) is 16.1. The third kappa shape index (κ3) is 4.17. The molecule has 3 aromatic rings. The fraction of sp³-hybridized carbons (Fsp3) is 0.286. The number of para-hydroxylation sites is 1. The van der Waals surface area contributed by atoms with Crippen molar-refractivity contribution in [2.45, 2.75) is 31.7 Å². The van der Waals surface area contributed by atoms with Gasteiger partial charge in [-0.1, -0.05) is 41.9 Å². The van der Waals surface area contributed by atoms with Crippen molar-refractivity contribution in [2.24, 2.45) is 0 Å². The average molecular weight is 397 g/mol. The van der Waals surface area contributed by atoms with Crippen LogP contribution in [0.15, 0.2) is 59.4 Å². The van der Waals surface area contributed by atoms with Crippen molar-refractivity contribution in [1.82, 2.24) is 19.7 Å². The fourth-order valence-corrected chi connectivity index (χ4v) is 3.27. The molecule has 0 bridgehead atoms. The van der Waals surface area contributed by atoms with Gasteiger partial charge in [-0.2, -0.15) is 5.10 Å². The Hall–Kier alpha value is -2.86. The molecule has 1 heterocycles. The van der Waals surface area contributed by atoms with E-state index in [1.54, 1.807) is 16.7 Å². The minimum absolute atomic E-state index is 0.0970. The highest BCUT2D eigenvalue weighted by atomic mass is 35.5. The van der Waals surface area contributed by atoms with Crippen molar-refractivity contribution in [3.8, 4) is 5.69 Å². The molecular formula is C21H21ClN4O2. The number of carbonyl (C=O) groups excluding carboxylic acids is 1. The molecule has 1 aromatic heterocycles. The third-order valence-electron chi connectivity index (χ3n) is 4.74. The molecule has 1 saturated carbocycles. The van der Waals surface area contributed by atoms with Gasteiger partial charge in [0.15, 0.2) is 0 Å². The molecule has 7 heteroatoms. The molecule has 28 heavy (non-hydrogen) atoms. The van der Waals surface area contributed by atoms with Crippen molar-refractivity contribution in [3.63, 3.8) is 0 Å². The maximum Gasteiger partial charge on any atom is 0.350 e. The first kappa shape index (κ1) is 18.5. The van der Waals surface area contributed by atoms with E-state index in [4.69, 9.17) is 11.6 Å². The number of benzene rings is 2. The maximum absolute atomic E-state index is 12.9. The first-order chi connectivity index (χ1) is 13.6. The van der Waals surface area contributed by atoms with Gasteiger partial charge in [-0.15, -0.1) is 0 Å². The largest absolute Gasteiger partial charge is 0.354 e. The van der Waals surface area contributed by atoms with Crippen molar-refractivity contribution in [3.05, 3.63) is 81.5 Å². The number of hydrogen-bond acceptors (Lipinski definition) is 3. The van der Waals surface area contributed by atoms with Gasteiger partial charge in [-0.3, -0.25) is 4.79 Å². The van der Waals surface area contributed by atoms with E-state index in [9.17, 15) is 9.59 Å². The summed E-state index contributed by atoms with van der Waals surface area (Å²) in [6.07, 6.45) is 2.39. The highest BCUT2D eigenvalue weighted by Gasteiger charge is 2.31. The second-order valence-corrected chi connectivity index (χ2v) is 7.40. The topological polar surface area (TPSA) is 68.9 Å². The van der Waals surface area contributed by atoms with Crippen molar-refractivity contribution in [1.29, 1.82) is 0 Å². The van der Waals surface area contributed by atoms with Crippen LogP contribution in [0.1, 0.15) is 30.1 Å². The minimum atomic E-state index is -0.167. The number of aromatic nitrogens is 3. The van der Waals surface area contributed by atoms with Crippen LogP contribution in [-0.2, 0) is 17.8 Å². The molecule has 1 aliphatic rings. The Labute approximate surface area is 167 Å². The number of rotatable bonds is 7. The molecule has 0 spiro atoms. The average Bonchev–Trinajstić information content (AvgIpc) is 3.49. The van der Waals surface area contributed by atoms with Crippen LogP contribution in [0, 0.1) is 0 Å². The highest BCUT2D eigenvalue weighted by Crippen LogP contribution is 2.39. The zero-order chi connectivity index (χ0) is 19.5. The number of amides is 1. The van der Waals surface area contributed by atoms with Crippen molar-refractivity contribution < 1.29 is 4.79 Å². The van der Waals surface area contributed by atoms with Crippen LogP contribution in [0.5, 0.6) is 0 Å². The van der Waals surface area contributed by atoms with Gasteiger partial charge in [0.05, 0.1) is 18.7 Å². The molecule has 144 valence electrons. The van der Waals surface area contributed by atoms with E-state index in [-0.39, 0.29) is 18.0 Å². The van der Waals surface area contributed by atoms with Crippen LogP contribution in [0.3, 0.4) is 0 Å². The Morgan fingerprint density at radius 2 is 1.82 bits per heavy atom. The lowest BCUT2D eigenvalue weighted by Gasteiger charge is -2.05. The summed E-state index contributed by atoms with van der Waals surface area (Å²) in [5, 5.41) is 8.04. The first-order valence-electron chi connectivity index (χ1n) is 9.38. The second kappa shape index (κ2) is 8.02. The summed E-state index contributed by atoms with van der Waals surface area (Å²) >= 11 is 5.86. The van der Waals surface area contributed by atoms with E-state index in [2.05, 4.69) is 10.4 Å². The first-order valence-corrected chi connectivity index (χ1v) is 9.76. The molecule has 0 radical (unpaired) electrons. The van der Waals surface area contributed by atoms with Crippen molar-refractivity contribution in [2.75, 3.05) is 6.54 Å². The second-order valence-electron chi connectivity index (χ2n) is 6.96. The van der Waals surface area contributed by atoms with Gasteiger partial charge in [0.2, 0.25) is 5.91 Å². The van der Waals surface area contributed by atoms with Gasteiger partial charge in [0, 0.05) is 17.5 Å². The van der Waals surface area contributed by atoms with Crippen LogP contribution in [0.25, 0.3) is 5.69 Å². The minimum Gasteiger partial charge on any atom is -0.354 e. The fourth-order valence-electron chi connectivity index (χ4n) is 3.15. The lowest BCUT2D eigenvalue weighted by molar-refractivity contribution is -0.120. The van der Waals surface area contributed by atoms with Crippen LogP contribution in [0.2, 0.25) is 5.02 Å². The Bertz CT molecular complexity index is 1020. The van der Waals surface area contributed by atoms with E-state index in [0.717, 1.165) is 29.9 Å². The monoisotopic (exact) mass is 396 g/mol. The molecule has 0 atom stereocenters. The Kier molecular flexibility index (Phi) is 5.30. The van der Waals surface area contributed by atoms with E-state index >= 15 is 0 Å². The third-order valence-corrected chi connectivity index (χ3v) is 5.00. The van der Waals surface area contributed by atoms with Gasteiger partial charge in [-0.05, 0) is 42.7 Å². The lowest BCUT2D eigenvalue weighted by atomic mass is 10.1. The summed E-state index contributed by atoms with van der Waals surface area (Å²) in [5.41, 5.74) is 1.55. The summed E-state index contributed by atoms with van der Waals surface area (Å²) < 4.78 is 3.14. The molecule has 0 saturated heterocycles. The van der Waals surface area contributed by atoms with Gasteiger partial charge in [0.1, 0.15) is 5.82 Å². The standard InChI is InChI=1S/C21H21ClN4O2/c22-17-10-6-15(7-11-17)14-19(27)23-12-13-25-21(28)26(18-4-2-1-3-5-18)20(24-25)16-8-9-16/h1-7,10-11,16H,8-9,12-14H2,(H,23,27). The van der Waals surface area contributed by atoms with Gasteiger partial charge < -0.3 is 5.32 Å². The predicted molar refractivity (Wildman–Crippen MR) is 108 cm³/mol. The molecule has 4 rings (SSSR count). The number of nitrogens with one attached hydrogen (secondary N) is 1. The molecule has 0 aliphatic heterocycles. The van der Waals surface area contributed by atoms with E-state index < -0.39 is 0 Å². The Morgan fingerprint density at radius 3 is 2.50 bits per heavy atom. The number of hydrogen-bond donors (Lipinski definition) is 1. The molecule has 1 amide bonds. The van der Waals surface area contributed by atoms with Gasteiger partial charge in [0.25, 0.3) is 0 Å². The number of carbonyl (C=O) groups is 1. The molecule has 1 fully saturated rings. The van der Waals surface area contributed by atoms with Crippen LogP contribution >= 0.6 is 11.6 Å². The number of nitrogens with zero attached hydrogens (tertiary/aromatic N) is 3. The number of halogens is 1. The SMILES string of the molecule is O=C(Cc1ccc(Cl)cc1)NCCn1nc(C2CC2)n(-c2ccccc2)c1=O. The normalized spacial score (nSPS) is 13.5. The Morgan fingerprint density at radius 1 is 1.11 bits per heavy atom. The van der Waals surface area contributed by atoms with Crippen LogP contribution in [-0.4, -0.2) is 26.8 Å². The predicted octanol–water partition coefficient (Wildman–Crippen LogP) is 2.92. The summed E-state index contributed by atoms with van der Waals surface area (Å²) in [6.45, 7) is 0.687. The highest BCUT2D eigenvalue weighted by molar-refractivity contribution is 6.30. The van der Waals surface area contributed by atoms with E-state index in [1.165, 1.54) is 4.68 Å². The maximum atomic E-state index is 12.9.